The number of fused-ring (bicyclic) bond motifs is 5. The zero-order valence-electron chi connectivity index (χ0n) is 14.8. The lowest BCUT2D eigenvalue weighted by atomic mass is 9.46. The minimum Gasteiger partial charge on any atom is -0.395 e. The summed E-state index contributed by atoms with van der Waals surface area (Å²) in [5.41, 5.74) is 1.78. The van der Waals surface area contributed by atoms with E-state index in [2.05, 4.69) is 13.8 Å². The van der Waals surface area contributed by atoms with Crippen LogP contribution in [0.15, 0.2) is 11.6 Å². The van der Waals surface area contributed by atoms with Crippen LogP contribution in [-0.2, 0) is 4.79 Å². The monoisotopic (exact) mass is 316 g/mol. The third-order valence-corrected chi connectivity index (χ3v) is 8.66. The summed E-state index contributed by atoms with van der Waals surface area (Å²) in [6.07, 6.45) is 12.5. The van der Waals surface area contributed by atoms with Gasteiger partial charge in [0.25, 0.3) is 0 Å². The fourth-order valence-corrected chi connectivity index (χ4v) is 7.44. The lowest BCUT2D eigenvalue weighted by Gasteiger charge is -2.58. The van der Waals surface area contributed by atoms with Crippen molar-refractivity contribution in [3.8, 4) is 0 Å². The van der Waals surface area contributed by atoms with Crippen LogP contribution in [0.5, 0.6) is 0 Å². The quantitative estimate of drug-likeness (QED) is 0.813. The molecule has 0 aromatic carbocycles. The molecule has 0 aliphatic heterocycles. The van der Waals surface area contributed by atoms with E-state index in [0.717, 1.165) is 30.6 Å². The average Bonchev–Trinajstić information content (AvgIpc) is 2.90. The average molecular weight is 316 g/mol. The molecule has 0 spiro atoms. The predicted molar refractivity (Wildman–Crippen MR) is 91.9 cm³/mol. The first-order valence-corrected chi connectivity index (χ1v) is 9.90. The van der Waals surface area contributed by atoms with Crippen LogP contribution in [0.4, 0.5) is 0 Å². The molecule has 0 heterocycles. The summed E-state index contributed by atoms with van der Waals surface area (Å²) in [6, 6.07) is 0. The summed E-state index contributed by atoms with van der Waals surface area (Å²) >= 11 is 0. The van der Waals surface area contributed by atoms with Gasteiger partial charge in [0.15, 0.2) is 5.78 Å². The lowest BCUT2D eigenvalue weighted by Crippen LogP contribution is -2.52. The first-order valence-electron chi connectivity index (χ1n) is 9.90. The maximum absolute atomic E-state index is 11.9. The fraction of sp³-hybridized carbons (Fsp3) is 0.857. The van der Waals surface area contributed by atoms with Gasteiger partial charge in [0.1, 0.15) is 0 Å². The SMILES string of the molecule is CCC1CCC2C3CCC4=CC(=O)CCC4(CO)C3CCC12C. The second-order valence-corrected chi connectivity index (χ2v) is 9.09. The van der Waals surface area contributed by atoms with Gasteiger partial charge in [-0.05, 0) is 80.1 Å². The molecule has 3 fully saturated rings. The zero-order chi connectivity index (χ0) is 16.2. The molecule has 1 N–H and O–H groups in total. The summed E-state index contributed by atoms with van der Waals surface area (Å²) in [5, 5.41) is 10.4. The molecule has 4 aliphatic rings. The Labute approximate surface area is 140 Å². The highest BCUT2D eigenvalue weighted by atomic mass is 16.3. The van der Waals surface area contributed by atoms with Crippen LogP contribution in [0.3, 0.4) is 0 Å². The van der Waals surface area contributed by atoms with Crippen LogP contribution in [0.25, 0.3) is 0 Å². The van der Waals surface area contributed by atoms with E-state index in [9.17, 15) is 9.90 Å². The maximum atomic E-state index is 11.9. The maximum Gasteiger partial charge on any atom is 0.155 e. The van der Waals surface area contributed by atoms with Crippen molar-refractivity contribution in [1.82, 2.24) is 0 Å². The van der Waals surface area contributed by atoms with Gasteiger partial charge in [-0.1, -0.05) is 25.8 Å². The first-order chi connectivity index (χ1) is 11.0. The summed E-state index contributed by atoms with van der Waals surface area (Å²) < 4.78 is 0. The third kappa shape index (κ3) is 2.06. The smallest absolute Gasteiger partial charge is 0.155 e. The largest absolute Gasteiger partial charge is 0.395 e. The number of aliphatic hydroxyl groups is 1. The number of hydrogen-bond acceptors (Lipinski definition) is 2. The summed E-state index contributed by atoms with van der Waals surface area (Å²) in [6.45, 7) is 5.19. The third-order valence-electron chi connectivity index (χ3n) is 8.66. The Kier molecular flexibility index (Phi) is 3.75. The van der Waals surface area contributed by atoms with Crippen LogP contribution in [0, 0.1) is 34.5 Å². The second kappa shape index (κ2) is 5.44. The molecule has 128 valence electrons. The molecule has 3 saturated carbocycles. The van der Waals surface area contributed by atoms with Gasteiger partial charge in [-0.15, -0.1) is 0 Å². The highest BCUT2D eigenvalue weighted by Gasteiger charge is 2.59. The standard InChI is InChI=1S/C21H32O2/c1-3-14-5-7-18-17-6-4-15-12-16(23)8-11-21(15,13-22)19(17)9-10-20(14,18)2/h12,14,17-19,22H,3-11,13H2,1-2H3. The van der Waals surface area contributed by atoms with Gasteiger partial charge < -0.3 is 5.11 Å². The number of hydrogen-bond donors (Lipinski definition) is 1. The van der Waals surface area contributed by atoms with E-state index in [0.29, 0.717) is 17.8 Å². The molecule has 4 aliphatic carbocycles. The molecule has 23 heavy (non-hydrogen) atoms. The van der Waals surface area contributed by atoms with E-state index in [1.807, 2.05) is 6.08 Å². The molecule has 2 heteroatoms. The van der Waals surface area contributed by atoms with Crippen molar-refractivity contribution in [2.45, 2.75) is 71.6 Å². The molecule has 0 aromatic heterocycles. The van der Waals surface area contributed by atoms with Crippen molar-refractivity contribution < 1.29 is 9.90 Å². The fourth-order valence-electron chi connectivity index (χ4n) is 7.44. The van der Waals surface area contributed by atoms with Crippen LogP contribution < -0.4 is 0 Å². The van der Waals surface area contributed by atoms with Crippen molar-refractivity contribution in [3.63, 3.8) is 0 Å². The Hall–Kier alpha value is -0.630. The molecule has 6 unspecified atom stereocenters. The van der Waals surface area contributed by atoms with Gasteiger partial charge in [0.2, 0.25) is 0 Å². The van der Waals surface area contributed by atoms with Gasteiger partial charge >= 0.3 is 0 Å². The van der Waals surface area contributed by atoms with E-state index in [1.165, 1.54) is 44.1 Å². The zero-order valence-corrected chi connectivity index (χ0v) is 14.8. The Bertz CT molecular complexity index is 536. The Balaban J connectivity index is 1.69. The molecule has 0 bridgehead atoms. The van der Waals surface area contributed by atoms with Gasteiger partial charge in [0.05, 0.1) is 6.61 Å². The Morgan fingerprint density at radius 1 is 1.13 bits per heavy atom. The van der Waals surface area contributed by atoms with Gasteiger partial charge in [-0.3, -0.25) is 4.79 Å². The van der Waals surface area contributed by atoms with Crippen molar-refractivity contribution in [2.24, 2.45) is 34.5 Å². The normalized spacial score (nSPS) is 49.2. The van der Waals surface area contributed by atoms with Crippen molar-refractivity contribution >= 4 is 5.78 Å². The van der Waals surface area contributed by atoms with Gasteiger partial charge in [0, 0.05) is 11.8 Å². The number of ketones is 1. The van der Waals surface area contributed by atoms with E-state index >= 15 is 0 Å². The van der Waals surface area contributed by atoms with Crippen LogP contribution in [-0.4, -0.2) is 17.5 Å². The summed E-state index contributed by atoms with van der Waals surface area (Å²) in [7, 11) is 0. The second-order valence-electron chi connectivity index (χ2n) is 9.09. The summed E-state index contributed by atoms with van der Waals surface area (Å²) in [4.78, 5) is 11.9. The molecule has 0 radical (unpaired) electrons. The molecular formula is C21H32O2. The lowest BCUT2D eigenvalue weighted by molar-refractivity contribution is -0.119. The molecule has 4 rings (SSSR count). The first kappa shape index (κ1) is 15.9. The minimum atomic E-state index is -0.0531. The molecule has 0 aromatic rings. The van der Waals surface area contributed by atoms with Gasteiger partial charge in [-0.25, -0.2) is 0 Å². The predicted octanol–water partition coefficient (Wildman–Crippen LogP) is 4.52. The Morgan fingerprint density at radius 2 is 1.96 bits per heavy atom. The van der Waals surface area contributed by atoms with Crippen molar-refractivity contribution in [1.29, 1.82) is 0 Å². The van der Waals surface area contributed by atoms with Gasteiger partial charge in [-0.2, -0.15) is 0 Å². The summed E-state index contributed by atoms with van der Waals surface area (Å²) in [5.74, 6) is 3.45. The number of aliphatic hydroxyl groups excluding tert-OH is 1. The van der Waals surface area contributed by atoms with Crippen LogP contribution in [0.2, 0.25) is 0 Å². The number of carbonyl (C=O) groups is 1. The van der Waals surface area contributed by atoms with E-state index in [4.69, 9.17) is 0 Å². The number of rotatable bonds is 2. The minimum absolute atomic E-state index is 0.0531. The molecule has 2 nitrogen and oxygen atoms in total. The highest BCUT2D eigenvalue weighted by molar-refractivity contribution is 5.91. The number of carbonyl (C=O) groups excluding carboxylic acids is 1. The molecule has 6 atom stereocenters. The highest BCUT2D eigenvalue weighted by Crippen LogP contribution is 2.66. The molecule has 0 saturated heterocycles. The van der Waals surface area contributed by atoms with Crippen LogP contribution in [0.1, 0.15) is 71.6 Å². The van der Waals surface area contributed by atoms with Crippen molar-refractivity contribution in [3.05, 3.63) is 11.6 Å². The van der Waals surface area contributed by atoms with E-state index in [-0.39, 0.29) is 17.8 Å². The molecule has 0 amide bonds. The topological polar surface area (TPSA) is 37.3 Å². The van der Waals surface area contributed by atoms with Crippen molar-refractivity contribution in [2.75, 3.05) is 6.61 Å². The van der Waals surface area contributed by atoms with E-state index in [1.54, 1.807) is 0 Å². The molecular weight excluding hydrogens is 284 g/mol. The van der Waals surface area contributed by atoms with Crippen LogP contribution >= 0.6 is 0 Å². The van der Waals surface area contributed by atoms with E-state index < -0.39 is 0 Å². The Morgan fingerprint density at radius 3 is 2.70 bits per heavy atom.